The third-order valence-electron chi connectivity index (χ3n) is 5.39. The molecule has 0 saturated heterocycles. The van der Waals surface area contributed by atoms with E-state index in [0.29, 0.717) is 30.1 Å². The Bertz CT molecular complexity index is 1050. The molecule has 0 bridgehead atoms. The van der Waals surface area contributed by atoms with Crippen molar-refractivity contribution in [3.63, 3.8) is 0 Å². The molecule has 0 radical (unpaired) electrons. The van der Waals surface area contributed by atoms with Crippen LogP contribution in [0.15, 0.2) is 54.9 Å². The maximum Gasteiger partial charge on any atom is 0.268 e. The van der Waals surface area contributed by atoms with Gasteiger partial charge in [0, 0.05) is 18.9 Å². The van der Waals surface area contributed by atoms with Gasteiger partial charge in [-0.15, -0.1) is 0 Å². The summed E-state index contributed by atoms with van der Waals surface area (Å²) in [5.41, 5.74) is 2.42. The number of benzene rings is 1. The van der Waals surface area contributed by atoms with E-state index in [4.69, 9.17) is 4.74 Å². The van der Waals surface area contributed by atoms with Crippen LogP contribution in [0.4, 0.5) is 4.39 Å². The lowest BCUT2D eigenvalue weighted by Gasteiger charge is -2.24. The molecule has 1 aliphatic heterocycles. The number of nitrogens with one attached hydrogen (secondary N) is 1. The summed E-state index contributed by atoms with van der Waals surface area (Å²) in [6.45, 7) is 5.25. The summed E-state index contributed by atoms with van der Waals surface area (Å²) < 4.78 is 22.2. The minimum absolute atomic E-state index is 0.0968. The minimum Gasteiger partial charge on any atom is -0.373 e. The van der Waals surface area contributed by atoms with Crippen LogP contribution in [0.25, 0.3) is 0 Å². The SMILES string of the molecule is CC(C)[C@@H](NC(=O)c1cc(C(=O)n2cccc2)c2n1CCOC2)c1ccc(F)cc1. The van der Waals surface area contributed by atoms with E-state index in [9.17, 15) is 14.0 Å². The molecule has 1 aromatic carbocycles. The van der Waals surface area contributed by atoms with Crippen molar-refractivity contribution in [2.24, 2.45) is 5.92 Å². The van der Waals surface area contributed by atoms with Gasteiger partial charge in [-0.2, -0.15) is 0 Å². The first-order chi connectivity index (χ1) is 14.5. The summed E-state index contributed by atoms with van der Waals surface area (Å²) >= 11 is 0. The number of nitrogens with zero attached hydrogens (tertiary/aromatic N) is 2. The van der Waals surface area contributed by atoms with Gasteiger partial charge < -0.3 is 14.6 Å². The third-order valence-corrected chi connectivity index (χ3v) is 5.39. The summed E-state index contributed by atoms with van der Waals surface area (Å²) in [5, 5.41) is 3.06. The Balaban J connectivity index is 1.66. The zero-order valence-corrected chi connectivity index (χ0v) is 17.0. The fourth-order valence-corrected chi connectivity index (χ4v) is 3.83. The maximum atomic E-state index is 13.3. The zero-order chi connectivity index (χ0) is 21.3. The van der Waals surface area contributed by atoms with Crippen molar-refractivity contribution in [1.29, 1.82) is 0 Å². The Labute approximate surface area is 174 Å². The lowest BCUT2D eigenvalue weighted by molar-refractivity contribution is 0.0774. The smallest absolute Gasteiger partial charge is 0.268 e. The molecule has 0 unspecified atom stereocenters. The number of hydrogen-bond donors (Lipinski definition) is 1. The van der Waals surface area contributed by atoms with E-state index < -0.39 is 0 Å². The van der Waals surface area contributed by atoms with E-state index in [1.54, 1.807) is 42.7 Å². The molecule has 0 fully saturated rings. The van der Waals surface area contributed by atoms with E-state index >= 15 is 0 Å². The van der Waals surface area contributed by atoms with E-state index in [1.165, 1.54) is 16.7 Å². The van der Waals surface area contributed by atoms with Crippen LogP contribution in [0.3, 0.4) is 0 Å². The molecule has 3 heterocycles. The maximum absolute atomic E-state index is 13.3. The second kappa shape index (κ2) is 8.28. The summed E-state index contributed by atoms with van der Waals surface area (Å²) in [5.74, 6) is -0.694. The van der Waals surface area contributed by atoms with Crippen molar-refractivity contribution < 1.29 is 18.7 Å². The fourth-order valence-electron chi connectivity index (χ4n) is 3.83. The number of fused-ring (bicyclic) bond motifs is 1. The van der Waals surface area contributed by atoms with Gasteiger partial charge in [0.25, 0.3) is 11.8 Å². The molecule has 1 atom stereocenters. The predicted molar refractivity (Wildman–Crippen MR) is 110 cm³/mol. The highest BCUT2D eigenvalue weighted by Crippen LogP contribution is 2.25. The summed E-state index contributed by atoms with van der Waals surface area (Å²) in [6.07, 6.45) is 3.36. The van der Waals surface area contributed by atoms with Gasteiger partial charge >= 0.3 is 0 Å². The molecule has 0 spiro atoms. The average molecular weight is 409 g/mol. The highest BCUT2D eigenvalue weighted by molar-refractivity contribution is 6.01. The second-order valence-electron chi connectivity index (χ2n) is 7.74. The van der Waals surface area contributed by atoms with Crippen molar-refractivity contribution in [1.82, 2.24) is 14.5 Å². The Morgan fingerprint density at radius 1 is 1.13 bits per heavy atom. The molecule has 0 aliphatic carbocycles. The molecule has 2 aromatic heterocycles. The molecule has 1 aliphatic rings. The number of amides is 1. The molecule has 0 saturated carbocycles. The Morgan fingerprint density at radius 3 is 2.50 bits per heavy atom. The highest BCUT2D eigenvalue weighted by Gasteiger charge is 2.28. The standard InChI is InChI=1S/C23H24FN3O3/c1-15(2)21(16-5-7-17(24)8-6-16)25-22(28)19-13-18(20-14-30-12-11-27(19)20)23(29)26-9-3-4-10-26/h3-10,13,15,21H,11-12,14H2,1-2H3,(H,25,28)/t21-/m1/s1. The van der Waals surface area contributed by atoms with E-state index in [-0.39, 0.29) is 36.2 Å². The van der Waals surface area contributed by atoms with Crippen LogP contribution in [0.5, 0.6) is 0 Å². The van der Waals surface area contributed by atoms with E-state index in [1.807, 2.05) is 18.4 Å². The molecule has 1 amide bonds. The van der Waals surface area contributed by atoms with Crippen molar-refractivity contribution in [2.75, 3.05) is 6.61 Å². The molecule has 156 valence electrons. The Kier molecular flexibility index (Phi) is 5.55. The molecular formula is C23H24FN3O3. The van der Waals surface area contributed by atoms with Gasteiger partial charge in [0.1, 0.15) is 11.5 Å². The molecule has 4 rings (SSSR count). The average Bonchev–Trinajstić information content (AvgIpc) is 3.40. The molecular weight excluding hydrogens is 385 g/mol. The normalized spacial score (nSPS) is 14.4. The van der Waals surface area contributed by atoms with Crippen LogP contribution in [0.2, 0.25) is 0 Å². The Hall–Kier alpha value is -3.19. The number of carbonyl (C=O) groups is 2. The summed E-state index contributed by atoms with van der Waals surface area (Å²) in [6, 6.07) is 11.1. The van der Waals surface area contributed by atoms with Crippen LogP contribution in [-0.2, 0) is 17.9 Å². The van der Waals surface area contributed by atoms with Crippen LogP contribution in [-0.4, -0.2) is 27.6 Å². The van der Waals surface area contributed by atoms with Crippen molar-refractivity contribution >= 4 is 11.8 Å². The number of hydrogen-bond acceptors (Lipinski definition) is 3. The summed E-state index contributed by atoms with van der Waals surface area (Å²) in [7, 11) is 0. The zero-order valence-electron chi connectivity index (χ0n) is 17.0. The third kappa shape index (κ3) is 3.80. The number of carbonyl (C=O) groups excluding carboxylic acids is 2. The Morgan fingerprint density at radius 2 is 1.83 bits per heavy atom. The van der Waals surface area contributed by atoms with Crippen molar-refractivity contribution in [2.45, 2.75) is 33.0 Å². The molecule has 6 nitrogen and oxygen atoms in total. The quantitative estimate of drug-likeness (QED) is 0.698. The van der Waals surface area contributed by atoms with Crippen LogP contribution in [0.1, 0.15) is 52.0 Å². The highest BCUT2D eigenvalue weighted by atomic mass is 19.1. The lowest BCUT2D eigenvalue weighted by atomic mass is 9.96. The van der Waals surface area contributed by atoms with Gasteiger partial charge in [-0.3, -0.25) is 14.2 Å². The fraction of sp³-hybridized carbons (Fsp3) is 0.304. The number of halogens is 1. The first-order valence-corrected chi connectivity index (χ1v) is 10.00. The van der Waals surface area contributed by atoms with Gasteiger partial charge in [0.2, 0.25) is 0 Å². The largest absolute Gasteiger partial charge is 0.373 e. The van der Waals surface area contributed by atoms with Gasteiger partial charge in [-0.05, 0) is 41.8 Å². The van der Waals surface area contributed by atoms with Gasteiger partial charge in [-0.1, -0.05) is 26.0 Å². The van der Waals surface area contributed by atoms with Crippen molar-refractivity contribution in [3.05, 3.63) is 83.2 Å². The number of aromatic nitrogens is 2. The van der Waals surface area contributed by atoms with E-state index in [0.717, 1.165) is 5.56 Å². The number of ether oxygens (including phenoxy) is 1. The van der Waals surface area contributed by atoms with Crippen LogP contribution >= 0.6 is 0 Å². The lowest BCUT2D eigenvalue weighted by Crippen LogP contribution is -2.34. The van der Waals surface area contributed by atoms with Gasteiger partial charge in [0.05, 0.1) is 30.5 Å². The molecule has 1 N–H and O–H groups in total. The molecule has 7 heteroatoms. The second-order valence-corrected chi connectivity index (χ2v) is 7.74. The monoisotopic (exact) mass is 409 g/mol. The summed E-state index contributed by atoms with van der Waals surface area (Å²) in [4.78, 5) is 26.2. The topological polar surface area (TPSA) is 65.3 Å². The minimum atomic E-state index is -0.318. The van der Waals surface area contributed by atoms with Gasteiger partial charge in [-0.25, -0.2) is 4.39 Å². The first kappa shape index (κ1) is 20.1. The van der Waals surface area contributed by atoms with Gasteiger partial charge in [0.15, 0.2) is 0 Å². The first-order valence-electron chi connectivity index (χ1n) is 10.00. The van der Waals surface area contributed by atoms with Crippen LogP contribution in [0, 0.1) is 11.7 Å². The number of rotatable bonds is 5. The van der Waals surface area contributed by atoms with Crippen LogP contribution < -0.4 is 5.32 Å². The van der Waals surface area contributed by atoms with E-state index in [2.05, 4.69) is 5.32 Å². The van der Waals surface area contributed by atoms with Crippen molar-refractivity contribution in [3.8, 4) is 0 Å². The molecule has 30 heavy (non-hydrogen) atoms. The predicted octanol–water partition coefficient (Wildman–Crippen LogP) is 3.77. The molecule has 3 aromatic rings.